The topological polar surface area (TPSA) is 100 Å². The van der Waals surface area contributed by atoms with Crippen molar-refractivity contribution in [1.82, 2.24) is 14.5 Å². The number of thiol groups is 1. The van der Waals surface area contributed by atoms with Crippen LogP contribution in [0.3, 0.4) is 0 Å². The fourth-order valence-electron chi connectivity index (χ4n) is 2.93. The molecule has 0 radical (unpaired) electrons. The van der Waals surface area contributed by atoms with Gasteiger partial charge in [0.05, 0.1) is 22.8 Å². The maximum Gasteiger partial charge on any atom is 0.209 e. The molecular weight excluding hydrogens is 396 g/mol. The molecule has 0 aliphatic heterocycles. The number of hydrogen-bond donors (Lipinski definition) is 2. The molecule has 2 N–H and O–H groups in total. The molecular formula is C19H24N4O3S2. The highest BCUT2D eigenvalue weighted by molar-refractivity contribution is 7.89. The minimum atomic E-state index is -3.48. The number of unbranched alkanes of at least 4 members (excludes halogenated alkanes) is 1. The highest BCUT2D eigenvalue weighted by Gasteiger charge is 2.12. The molecule has 9 heteroatoms. The molecule has 0 unspecified atom stereocenters. The van der Waals surface area contributed by atoms with E-state index in [-0.39, 0.29) is 12.4 Å². The van der Waals surface area contributed by atoms with Gasteiger partial charge in [-0.1, -0.05) is 19.4 Å². The zero-order chi connectivity index (χ0) is 20.1. The Morgan fingerprint density at radius 1 is 1.25 bits per heavy atom. The van der Waals surface area contributed by atoms with Gasteiger partial charge in [-0.15, -0.1) is 12.6 Å². The average molecular weight is 421 g/mol. The van der Waals surface area contributed by atoms with Crippen LogP contribution in [-0.4, -0.2) is 35.3 Å². The van der Waals surface area contributed by atoms with Gasteiger partial charge in [0.2, 0.25) is 10.0 Å². The Balaban J connectivity index is 1.86. The lowest BCUT2D eigenvalue weighted by Crippen LogP contribution is -2.18. The molecule has 2 aromatic heterocycles. The first-order valence-electron chi connectivity index (χ1n) is 9.17. The third-order valence-electron chi connectivity index (χ3n) is 4.31. The van der Waals surface area contributed by atoms with Gasteiger partial charge in [0.1, 0.15) is 11.6 Å². The average Bonchev–Trinajstić information content (AvgIpc) is 3.08. The Labute approximate surface area is 170 Å². The van der Waals surface area contributed by atoms with Gasteiger partial charge < -0.3 is 9.30 Å². The number of aryl methyl sites for hydroxylation is 1. The Bertz CT molecular complexity index is 1060. The van der Waals surface area contributed by atoms with Crippen LogP contribution in [0.5, 0.6) is 5.75 Å². The van der Waals surface area contributed by atoms with E-state index in [1.165, 1.54) is 0 Å². The van der Waals surface area contributed by atoms with E-state index in [1.54, 1.807) is 6.20 Å². The summed E-state index contributed by atoms with van der Waals surface area (Å²) in [4.78, 5) is 9.75. The van der Waals surface area contributed by atoms with E-state index in [2.05, 4.69) is 29.5 Å². The number of rotatable bonds is 9. The first-order chi connectivity index (χ1) is 13.4. The van der Waals surface area contributed by atoms with Crippen molar-refractivity contribution in [3.63, 3.8) is 0 Å². The first kappa shape index (κ1) is 20.6. The number of primary sulfonamides is 1. The summed E-state index contributed by atoms with van der Waals surface area (Å²) < 4.78 is 29.8. The minimum absolute atomic E-state index is 0.103. The van der Waals surface area contributed by atoms with Gasteiger partial charge in [-0.2, -0.15) is 0 Å². The van der Waals surface area contributed by atoms with E-state index < -0.39 is 10.0 Å². The molecule has 0 amide bonds. The maximum atomic E-state index is 11.0. The molecule has 0 saturated carbocycles. The van der Waals surface area contributed by atoms with Crippen molar-refractivity contribution in [1.29, 1.82) is 0 Å². The zero-order valence-corrected chi connectivity index (χ0v) is 17.4. The standard InChI is InChI=1S/C19H24N4O3S2/c1-2-3-8-18-21-13-17(27)19(22-18)23-10-9-14-15(23)6-4-7-16(14)26-11-5-12-28(20,24)25/h4,6-7,9-10,13,27H,2-3,5,8,11-12H2,1H3,(H2,20,24,25). The lowest BCUT2D eigenvalue weighted by molar-refractivity contribution is 0.321. The summed E-state index contributed by atoms with van der Waals surface area (Å²) in [6.07, 6.45) is 6.94. The summed E-state index contributed by atoms with van der Waals surface area (Å²) in [6, 6.07) is 7.68. The molecule has 0 aliphatic carbocycles. The van der Waals surface area contributed by atoms with Gasteiger partial charge in [0.25, 0.3) is 0 Å². The lowest BCUT2D eigenvalue weighted by atomic mass is 10.2. The minimum Gasteiger partial charge on any atom is -0.493 e. The van der Waals surface area contributed by atoms with Crippen molar-refractivity contribution in [2.45, 2.75) is 37.5 Å². The summed E-state index contributed by atoms with van der Waals surface area (Å²) in [7, 11) is -3.48. The Morgan fingerprint density at radius 3 is 2.82 bits per heavy atom. The van der Waals surface area contributed by atoms with Crippen molar-refractivity contribution in [2.75, 3.05) is 12.4 Å². The van der Waals surface area contributed by atoms with Crippen LogP contribution in [0.15, 0.2) is 41.6 Å². The van der Waals surface area contributed by atoms with Crippen molar-refractivity contribution in [2.24, 2.45) is 5.14 Å². The van der Waals surface area contributed by atoms with Gasteiger partial charge >= 0.3 is 0 Å². The van der Waals surface area contributed by atoms with E-state index in [0.29, 0.717) is 17.1 Å². The van der Waals surface area contributed by atoms with Crippen LogP contribution in [0, 0.1) is 0 Å². The van der Waals surface area contributed by atoms with Crippen LogP contribution in [0.4, 0.5) is 0 Å². The van der Waals surface area contributed by atoms with Crippen molar-refractivity contribution < 1.29 is 13.2 Å². The molecule has 150 valence electrons. The molecule has 0 aliphatic rings. The van der Waals surface area contributed by atoms with E-state index in [0.717, 1.165) is 41.8 Å². The number of fused-ring (bicyclic) bond motifs is 1. The predicted octanol–water partition coefficient (Wildman–Crippen LogP) is 3.11. The van der Waals surface area contributed by atoms with Gasteiger partial charge in [-0.05, 0) is 31.0 Å². The second-order valence-corrected chi connectivity index (χ2v) is 8.76. The molecule has 2 heterocycles. The van der Waals surface area contributed by atoms with Gasteiger partial charge in [-0.3, -0.25) is 0 Å². The smallest absolute Gasteiger partial charge is 0.209 e. The Morgan fingerprint density at radius 2 is 2.07 bits per heavy atom. The SMILES string of the molecule is CCCCc1ncc(S)c(-n2ccc3c(OCCCS(N)(=O)=O)cccc32)n1. The van der Waals surface area contributed by atoms with Crippen LogP contribution in [-0.2, 0) is 16.4 Å². The summed E-state index contributed by atoms with van der Waals surface area (Å²) in [5, 5.41) is 5.94. The number of ether oxygens (including phenoxy) is 1. The number of benzene rings is 1. The summed E-state index contributed by atoms with van der Waals surface area (Å²) in [5.41, 5.74) is 0.930. The first-order valence-corrected chi connectivity index (χ1v) is 11.3. The number of aromatic nitrogens is 3. The second kappa shape index (κ2) is 8.93. The highest BCUT2D eigenvalue weighted by Crippen LogP contribution is 2.30. The third-order valence-corrected chi connectivity index (χ3v) is 5.48. The van der Waals surface area contributed by atoms with Crippen molar-refractivity contribution in [3.8, 4) is 11.6 Å². The predicted molar refractivity (Wildman–Crippen MR) is 113 cm³/mol. The van der Waals surface area contributed by atoms with E-state index in [1.807, 2.05) is 35.0 Å². The van der Waals surface area contributed by atoms with Gasteiger partial charge in [0, 0.05) is 24.2 Å². The van der Waals surface area contributed by atoms with Crippen molar-refractivity contribution >= 4 is 33.6 Å². The van der Waals surface area contributed by atoms with Crippen LogP contribution in [0.2, 0.25) is 0 Å². The molecule has 0 fully saturated rings. The highest BCUT2D eigenvalue weighted by atomic mass is 32.2. The monoisotopic (exact) mass is 420 g/mol. The fraction of sp³-hybridized carbons (Fsp3) is 0.368. The summed E-state index contributed by atoms with van der Waals surface area (Å²) >= 11 is 4.52. The Hall–Kier alpha value is -2.10. The fourth-order valence-corrected chi connectivity index (χ4v) is 3.66. The van der Waals surface area contributed by atoms with E-state index in [9.17, 15) is 8.42 Å². The number of sulfonamides is 1. The second-order valence-electron chi connectivity index (χ2n) is 6.54. The van der Waals surface area contributed by atoms with Gasteiger partial charge in [-0.25, -0.2) is 23.5 Å². The molecule has 0 atom stereocenters. The van der Waals surface area contributed by atoms with Gasteiger partial charge in [0.15, 0.2) is 5.82 Å². The molecule has 0 bridgehead atoms. The van der Waals surface area contributed by atoms with E-state index in [4.69, 9.17) is 9.88 Å². The molecule has 1 aromatic carbocycles. The molecule has 3 aromatic rings. The molecule has 0 spiro atoms. The third kappa shape index (κ3) is 5.03. The van der Waals surface area contributed by atoms with E-state index >= 15 is 0 Å². The summed E-state index contributed by atoms with van der Waals surface area (Å²) in [5.74, 6) is 2.11. The molecule has 0 saturated heterocycles. The number of nitrogens with two attached hydrogens (primary N) is 1. The molecule has 3 rings (SSSR count). The number of nitrogens with zero attached hydrogens (tertiary/aromatic N) is 3. The summed E-state index contributed by atoms with van der Waals surface area (Å²) in [6.45, 7) is 2.41. The van der Waals surface area contributed by atoms with Crippen LogP contribution in [0.25, 0.3) is 16.7 Å². The lowest BCUT2D eigenvalue weighted by Gasteiger charge is -2.11. The normalized spacial score (nSPS) is 11.8. The molecule has 28 heavy (non-hydrogen) atoms. The zero-order valence-electron chi connectivity index (χ0n) is 15.7. The maximum absolute atomic E-state index is 11.0. The largest absolute Gasteiger partial charge is 0.493 e. The van der Waals surface area contributed by atoms with Crippen molar-refractivity contribution in [3.05, 3.63) is 42.5 Å². The number of hydrogen-bond acceptors (Lipinski definition) is 6. The Kier molecular flexibility index (Phi) is 6.58. The van der Waals surface area contributed by atoms with Crippen LogP contribution >= 0.6 is 12.6 Å². The van der Waals surface area contributed by atoms with Crippen LogP contribution in [0.1, 0.15) is 32.0 Å². The van der Waals surface area contributed by atoms with Crippen LogP contribution < -0.4 is 9.88 Å². The molecule has 7 nitrogen and oxygen atoms in total. The quantitative estimate of drug-likeness (QED) is 0.409.